The van der Waals surface area contributed by atoms with Crippen molar-refractivity contribution in [3.05, 3.63) is 76.8 Å². The van der Waals surface area contributed by atoms with Gasteiger partial charge in [-0.3, -0.25) is 4.79 Å². The lowest BCUT2D eigenvalue weighted by molar-refractivity contribution is 0.0949. The molecule has 0 radical (unpaired) electrons. The first-order chi connectivity index (χ1) is 13.5. The molecule has 1 N–H and O–H groups in total. The Kier molecular flexibility index (Phi) is 6.66. The van der Waals surface area contributed by atoms with Gasteiger partial charge >= 0.3 is 0 Å². The number of nitrogens with one attached hydrogen (secondary N) is 1. The van der Waals surface area contributed by atoms with Crippen molar-refractivity contribution in [2.75, 3.05) is 6.54 Å². The van der Waals surface area contributed by atoms with Crippen LogP contribution in [0.25, 0.3) is 0 Å². The highest BCUT2D eigenvalue weighted by atomic mass is 35.5. The maximum Gasteiger partial charge on any atom is 0.255 e. The molecule has 3 rings (SSSR count). The number of para-hydroxylation sites is 1. The number of halogens is 1. The van der Waals surface area contributed by atoms with Crippen molar-refractivity contribution < 1.29 is 9.53 Å². The Hall–Kier alpha value is -2.86. The first kappa shape index (κ1) is 19.9. The molecule has 0 aliphatic rings. The molecule has 28 heavy (non-hydrogen) atoms. The Morgan fingerprint density at radius 3 is 2.68 bits per heavy atom. The van der Waals surface area contributed by atoms with Crippen LogP contribution in [0.4, 0.5) is 0 Å². The highest BCUT2D eigenvalue weighted by Crippen LogP contribution is 2.20. The predicted molar refractivity (Wildman–Crippen MR) is 109 cm³/mol. The molecule has 1 amide bonds. The van der Waals surface area contributed by atoms with Crippen LogP contribution >= 0.6 is 11.6 Å². The summed E-state index contributed by atoms with van der Waals surface area (Å²) in [5.74, 6) is 1.21. The molecule has 6 nitrogen and oxygen atoms in total. The predicted octanol–water partition coefficient (Wildman–Crippen LogP) is 4.06. The van der Waals surface area contributed by atoms with Crippen LogP contribution in [-0.2, 0) is 13.0 Å². The zero-order valence-electron chi connectivity index (χ0n) is 15.9. The fraction of sp³-hybridized carbons (Fsp3) is 0.286. The number of amides is 1. The third kappa shape index (κ3) is 5.10. The van der Waals surface area contributed by atoms with Crippen LogP contribution in [-0.4, -0.2) is 27.2 Å². The van der Waals surface area contributed by atoms with E-state index in [2.05, 4.69) is 29.4 Å². The summed E-state index contributed by atoms with van der Waals surface area (Å²) in [5, 5.41) is 11.7. The average Bonchev–Trinajstić information content (AvgIpc) is 3.16. The van der Waals surface area contributed by atoms with Gasteiger partial charge < -0.3 is 14.6 Å². The van der Waals surface area contributed by atoms with Crippen molar-refractivity contribution >= 4 is 17.5 Å². The Labute approximate surface area is 169 Å². The first-order valence-electron chi connectivity index (χ1n) is 9.17. The van der Waals surface area contributed by atoms with E-state index < -0.39 is 0 Å². The second-order valence-electron chi connectivity index (χ2n) is 6.67. The normalized spacial score (nSPS) is 10.9. The van der Waals surface area contributed by atoms with E-state index in [1.165, 1.54) is 0 Å². The van der Waals surface area contributed by atoms with Crippen molar-refractivity contribution in [3.63, 3.8) is 0 Å². The second-order valence-corrected chi connectivity index (χ2v) is 7.10. The number of rotatable bonds is 8. The summed E-state index contributed by atoms with van der Waals surface area (Å²) < 4.78 is 7.85. The molecule has 0 unspecified atom stereocenters. The van der Waals surface area contributed by atoms with Crippen LogP contribution in [0.5, 0.6) is 5.75 Å². The number of carbonyl (C=O) groups excluding carboxylic acids is 1. The smallest absolute Gasteiger partial charge is 0.255 e. The minimum absolute atomic E-state index is 0.178. The molecule has 0 aliphatic carbocycles. The number of benzene rings is 2. The van der Waals surface area contributed by atoms with Crippen LogP contribution in [0.3, 0.4) is 0 Å². The number of hydrogen-bond donors (Lipinski definition) is 1. The van der Waals surface area contributed by atoms with Crippen LogP contribution in [0.1, 0.15) is 41.6 Å². The summed E-state index contributed by atoms with van der Waals surface area (Å²) in [6.07, 6.45) is 2.32. The molecule has 0 fully saturated rings. The van der Waals surface area contributed by atoms with E-state index in [0.29, 0.717) is 35.9 Å². The van der Waals surface area contributed by atoms with Gasteiger partial charge in [-0.2, -0.15) is 0 Å². The zero-order chi connectivity index (χ0) is 19.9. The molecule has 0 spiro atoms. The summed E-state index contributed by atoms with van der Waals surface area (Å²) in [5.41, 5.74) is 1.48. The lowest BCUT2D eigenvalue weighted by Gasteiger charge is -2.13. The van der Waals surface area contributed by atoms with Crippen LogP contribution in [0.2, 0.25) is 5.02 Å². The van der Waals surface area contributed by atoms with Crippen molar-refractivity contribution in [1.82, 2.24) is 20.1 Å². The Balaban J connectivity index is 1.59. The maximum atomic E-state index is 12.6. The average molecular weight is 399 g/mol. The quantitative estimate of drug-likeness (QED) is 0.621. The van der Waals surface area contributed by atoms with Gasteiger partial charge in [-0.05, 0) is 43.7 Å². The standard InChI is InChI=1S/C21H23ClN4O2/c1-15(2)26-14-24-25-20(26)11-12-23-21(27)18-5-3-4-6-19(18)28-13-16-7-9-17(22)10-8-16/h3-10,14-15H,11-13H2,1-2H3,(H,23,27). The molecular weight excluding hydrogens is 376 g/mol. The highest BCUT2D eigenvalue weighted by Gasteiger charge is 2.13. The van der Waals surface area contributed by atoms with Crippen LogP contribution < -0.4 is 10.1 Å². The van der Waals surface area contributed by atoms with Crippen molar-refractivity contribution in [1.29, 1.82) is 0 Å². The van der Waals surface area contributed by atoms with E-state index in [0.717, 1.165) is 11.4 Å². The van der Waals surface area contributed by atoms with Gasteiger partial charge in [0.25, 0.3) is 5.91 Å². The van der Waals surface area contributed by atoms with E-state index >= 15 is 0 Å². The number of carbonyl (C=O) groups is 1. The van der Waals surface area contributed by atoms with E-state index in [9.17, 15) is 4.79 Å². The molecule has 0 saturated carbocycles. The van der Waals surface area contributed by atoms with Gasteiger partial charge in [0.15, 0.2) is 0 Å². The third-order valence-corrected chi connectivity index (χ3v) is 4.53. The van der Waals surface area contributed by atoms with Gasteiger partial charge in [-0.1, -0.05) is 35.9 Å². The summed E-state index contributed by atoms with van der Waals surface area (Å²) in [6, 6.07) is 14.9. The first-order valence-corrected chi connectivity index (χ1v) is 9.55. The summed E-state index contributed by atoms with van der Waals surface area (Å²) in [7, 11) is 0. The van der Waals surface area contributed by atoms with E-state index in [1.54, 1.807) is 18.5 Å². The molecule has 146 valence electrons. The Morgan fingerprint density at radius 2 is 1.93 bits per heavy atom. The zero-order valence-corrected chi connectivity index (χ0v) is 16.7. The molecule has 0 aliphatic heterocycles. The van der Waals surface area contributed by atoms with Crippen LogP contribution in [0, 0.1) is 0 Å². The van der Waals surface area contributed by atoms with Crippen LogP contribution in [0.15, 0.2) is 54.9 Å². The number of nitrogens with zero attached hydrogens (tertiary/aromatic N) is 3. The van der Waals surface area contributed by atoms with Gasteiger partial charge in [0.2, 0.25) is 0 Å². The summed E-state index contributed by atoms with van der Waals surface area (Å²) in [4.78, 5) is 12.6. The maximum absolute atomic E-state index is 12.6. The van der Waals surface area contributed by atoms with E-state index in [1.807, 2.05) is 41.0 Å². The van der Waals surface area contributed by atoms with Gasteiger partial charge in [0.05, 0.1) is 5.56 Å². The highest BCUT2D eigenvalue weighted by molar-refractivity contribution is 6.30. The van der Waals surface area contributed by atoms with Gasteiger partial charge in [0.1, 0.15) is 24.5 Å². The lowest BCUT2D eigenvalue weighted by atomic mass is 10.2. The Morgan fingerprint density at radius 1 is 1.18 bits per heavy atom. The molecule has 2 aromatic carbocycles. The molecular formula is C21H23ClN4O2. The molecule has 1 heterocycles. The van der Waals surface area contributed by atoms with Gasteiger partial charge in [-0.25, -0.2) is 0 Å². The van der Waals surface area contributed by atoms with E-state index in [-0.39, 0.29) is 11.9 Å². The summed E-state index contributed by atoms with van der Waals surface area (Å²) in [6.45, 7) is 4.97. The molecule has 7 heteroatoms. The largest absolute Gasteiger partial charge is 0.488 e. The molecule has 1 aromatic heterocycles. The monoisotopic (exact) mass is 398 g/mol. The van der Waals surface area contributed by atoms with Gasteiger partial charge in [0, 0.05) is 24.0 Å². The molecule has 0 saturated heterocycles. The Bertz CT molecular complexity index is 922. The third-order valence-electron chi connectivity index (χ3n) is 4.28. The number of aromatic nitrogens is 3. The molecule has 0 atom stereocenters. The lowest BCUT2D eigenvalue weighted by Crippen LogP contribution is -2.27. The fourth-order valence-corrected chi connectivity index (χ4v) is 2.91. The molecule has 3 aromatic rings. The van der Waals surface area contributed by atoms with E-state index in [4.69, 9.17) is 16.3 Å². The minimum Gasteiger partial charge on any atom is -0.488 e. The minimum atomic E-state index is -0.178. The summed E-state index contributed by atoms with van der Waals surface area (Å²) >= 11 is 5.90. The topological polar surface area (TPSA) is 69.0 Å². The SMILES string of the molecule is CC(C)n1cnnc1CCNC(=O)c1ccccc1OCc1ccc(Cl)cc1. The van der Waals surface area contributed by atoms with Crippen molar-refractivity contribution in [2.45, 2.75) is 32.9 Å². The molecule has 0 bridgehead atoms. The van der Waals surface area contributed by atoms with Crippen molar-refractivity contribution in [2.24, 2.45) is 0 Å². The number of hydrogen-bond acceptors (Lipinski definition) is 4. The van der Waals surface area contributed by atoms with Gasteiger partial charge in [-0.15, -0.1) is 10.2 Å². The second kappa shape index (κ2) is 9.37. The van der Waals surface area contributed by atoms with Crippen molar-refractivity contribution in [3.8, 4) is 5.75 Å². The number of ether oxygens (including phenoxy) is 1. The fourth-order valence-electron chi connectivity index (χ4n) is 2.78.